The molecule has 1 N–H and O–H groups in total. The van der Waals surface area contributed by atoms with Crippen molar-refractivity contribution in [2.45, 2.75) is 19.4 Å². The Kier molecular flexibility index (Phi) is 3.66. The second-order valence-electron chi connectivity index (χ2n) is 4.65. The van der Waals surface area contributed by atoms with Crippen LogP contribution >= 0.6 is 23.2 Å². The molecule has 2 aromatic rings. The minimum absolute atomic E-state index is 0.189. The van der Waals surface area contributed by atoms with E-state index in [1.165, 1.54) is 0 Å². The Morgan fingerprint density at radius 1 is 1.17 bits per heavy atom. The van der Waals surface area contributed by atoms with Crippen molar-refractivity contribution >= 4 is 23.2 Å². The van der Waals surface area contributed by atoms with Gasteiger partial charge in [0.05, 0.1) is 23.8 Å². The van der Waals surface area contributed by atoms with Crippen LogP contribution in [0.4, 0.5) is 0 Å². The van der Waals surface area contributed by atoms with E-state index < -0.39 is 0 Å². The predicted octanol–water partition coefficient (Wildman–Crippen LogP) is 3.63. The lowest BCUT2D eigenvalue weighted by molar-refractivity contribution is 0.425. The number of halogens is 2. The summed E-state index contributed by atoms with van der Waals surface area (Å²) in [4.78, 5) is 4.21. The molecule has 96 valence electrons. The van der Waals surface area contributed by atoms with E-state index in [0.29, 0.717) is 10.0 Å². The fourth-order valence-electron chi connectivity index (χ4n) is 1.77. The highest BCUT2D eigenvalue weighted by Crippen LogP contribution is 2.26. The third-order valence-electron chi connectivity index (χ3n) is 3.03. The first kappa shape index (κ1) is 13.4. The van der Waals surface area contributed by atoms with Gasteiger partial charge < -0.3 is 9.88 Å². The molecule has 5 heteroatoms. The van der Waals surface area contributed by atoms with Crippen LogP contribution in [-0.4, -0.2) is 16.6 Å². The number of aromatic nitrogens is 2. The molecular weight excluding hydrogens is 269 g/mol. The van der Waals surface area contributed by atoms with E-state index in [0.717, 1.165) is 11.4 Å². The molecule has 3 nitrogen and oxygen atoms in total. The predicted molar refractivity (Wildman–Crippen MR) is 75.7 cm³/mol. The summed E-state index contributed by atoms with van der Waals surface area (Å²) < 4.78 is 1.98. The van der Waals surface area contributed by atoms with Gasteiger partial charge in [-0.15, -0.1) is 0 Å². The van der Waals surface area contributed by atoms with Crippen molar-refractivity contribution in [2.24, 2.45) is 0 Å². The lowest BCUT2D eigenvalue weighted by atomic mass is 10.0. The molecule has 0 saturated carbocycles. The first-order valence-electron chi connectivity index (χ1n) is 5.62. The summed E-state index contributed by atoms with van der Waals surface area (Å²) >= 11 is 12.1. The Bertz CT molecular complexity index is 541. The van der Waals surface area contributed by atoms with Gasteiger partial charge in [-0.05, 0) is 39.1 Å². The summed E-state index contributed by atoms with van der Waals surface area (Å²) in [5.74, 6) is 0. The van der Waals surface area contributed by atoms with Crippen molar-refractivity contribution in [1.29, 1.82) is 0 Å². The molecule has 18 heavy (non-hydrogen) atoms. The van der Waals surface area contributed by atoms with Gasteiger partial charge in [-0.25, -0.2) is 4.98 Å². The van der Waals surface area contributed by atoms with Crippen LogP contribution in [0.2, 0.25) is 10.0 Å². The third kappa shape index (κ3) is 2.53. The summed E-state index contributed by atoms with van der Waals surface area (Å²) in [5.41, 5.74) is 1.76. The Balaban J connectivity index is 2.55. The molecule has 0 spiro atoms. The minimum Gasteiger partial charge on any atom is -0.310 e. The zero-order valence-electron chi connectivity index (χ0n) is 10.5. The molecule has 0 bridgehead atoms. The maximum atomic E-state index is 6.03. The smallest absolute Gasteiger partial charge is 0.0994 e. The average Bonchev–Trinajstić information content (AvgIpc) is 2.77. The average molecular weight is 284 g/mol. The topological polar surface area (TPSA) is 29.9 Å². The SMILES string of the molecule is CNC(C)(C)c1cncn1-c1cc(Cl)cc(Cl)c1. The molecule has 0 saturated heterocycles. The Labute approximate surface area is 117 Å². The van der Waals surface area contributed by atoms with Crippen LogP contribution < -0.4 is 5.32 Å². The fourth-order valence-corrected chi connectivity index (χ4v) is 2.28. The normalized spacial score (nSPS) is 11.8. The largest absolute Gasteiger partial charge is 0.310 e. The highest BCUT2D eigenvalue weighted by atomic mass is 35.5. The maximum absolute atomic E-state index is 6.03. The van der Waals surface area contributed by atoms with Crippen molar-refractivity contribution in [3.63, 3.8) is 0 Å². The molecule has 0 unspecified atom stereocenters. The fraction of sp³-hybridized carbons (Fsp3) is 0.308. The molecule has 0 aliphatic carbocycles. The van der Waals surface area contributed by atoms with E-state index in [9.17, 15) is 0 Å². The molecule has 0 aliphatic heterocycles. The van der Waals surface area contributed by atoms with Gasteiger partial charge in [0, 0.05) is 15.7 Å². The standard InChI is InChI=1S/C13H15Cl2N3/c1-13(2,16-3)12-7-17-8-18(12)11-5-9(14)4-10(15)6-11/h4-8,16H,1-3H3. The van der Waals surface area contributed by atoms with Gasteiger partial charge in [-0.1, -0.05) is 23.2 Å². The van der Waals surface area contributed by atoms with Crippen molar-refractivity contribution in [2.75, 3.05) is 7.05 Å². The van der Waals surface area contributed by atoms with Gasteiger partial charge in [0.1, 0.15) is 0 Å². The van der Waals surface area contributed by atoms with Crippen LogP contribution in [0.25, 0.3) is 5.69 Å². The molecule has 0 aliphatic rings. The van der Waals surface area contributed by atoms with E-state index in [2.05, 4.69) is 24.1 Å². The molecular formula is C13H15Cl2N3. The lowest BCUT2D eigenvalue weighted by Crippen LogP contribution is -2.35. The zero-order chi connectivity index (χ0) is 13.3. The molecule has 1 aromatic heterocycles. The van der Waals surface area contributed by atoms with Crippen molar-refractivity contribution in [3.8, 4) is 5.69 Å². The van der Waals surface area contributed by atoms with E-state index in [-0.39, 0.29) is 5.54 Å². The minimum atomic E-state index is -0.189. The molecule has 0 atom stereocenters. The summed E-state index contributed by atoms with van der Waals surface area (Å²) in [6.45, 7) is 4.18. The van der Waals surface area contributed by atoms with Crippen molar-refractivity contribution in [1.82, 2.24) is 14.9 Å². The molecule has 1 aromatic carbocycles. The molecule has 0 amide bonds. The monoisotopic (exact) mass is 283 g/mol. The quantitative estimate of drug-likeness (QED) is 0.932. The van der Waals surface area contributed by atoms with Gasteiger partial charge >= 0.3 is 0 Å². The van der Waals surface area contributed by atoms with E-state index in [1.807, 2.05) is 29.9 Å². The number of imidazole rings is 1. The van der Waals surface area contributed by atoms with Crippen LogP contribution in [0.1, 0.15) is 19.5 Å². The first-order chi connectivity index (χ1) is 8.44. The summed E-state index contributed by atoms with van der Waals surface area (Å²) in [6, 6.07) is 5.45. The molecule has 0 fully saturated rings. The van der Waals surface area contributed by atoms with Crippen LogP contribution in [-0.2, 0) is 5.54 Å². The van der Waals surface area contributed by atoms with E-state index in [1.54, 1.807) is 12.4 Å². The van der Waals surface area contributed by atoms with Gasteiger partial charge in [0.25, 0.3) is 0 Å². The molecule has 2 rings (SSSR count). The van der Waals surface area contributed by atoms with Crippen LogP contribution in [0.3, 0.4) is 0 Å². The Morgan fingerprint density at radius 3 is 2.33 bits per heavy atom. The van der Waals surface area contributed by atoms with Crippen LogP contribution in [0.15, 0.2) is 30.7 Å². The number of benzene rings is 1. The number of rotatable bonds is 3. The Morgan fingerprint density at radius 2 is 1.78 bits per heavy atom. The van der Waals surface area contributed by atoms with Gasteiger partial charge in [0.2, 0.25) is 0 Å². The molecule has 1 heterocycles. The maximum Gasteiger partial charge on any atom is 0.0994 e. The number of hydrogen-bond acceptors (Lipinski definition) is 2. The van der Waals surface area contributed by atoms with Crippen LogP contribution in [0, 0.1) is 0 Å². The van der Waals surface area contributed by atoms with E-state index >= 15 is 0 Å². The van der Waals surface area contributed by atoms with Crippen molar-refractivity contribution in [3.05, 3.63) is 46.5 Å². The second kappa shape index (κ2) is 4.92. The van der Waals surface area contributed by atoms with Gasteiger partial charge in [0.15, 0.2) is 0 Å². The molecule has 0 radical (unpaired) electrons. The van der Waals surface area contributed by atoms with Crippen LogP contribution in [0.5, 0.6) is 0 Å². The second-order valence-corrected chi connectivity index (χ2v) is 5.52. The third-order valence-corrected chi connectivity index (χ3v) is 3.47. The van der Waals surface area contributed by atoms with E-state index in [4.69, 9.17) is 23.2 Å². The van der Waals surface area contributed by atoms with Gasteiger partial charge in [-0.2, -0.15) is 0 Å². The summed E-state index contributed by atoms with van der Waals surface area (Å²) in [7, 11) is 1.92. The number of hydrogen-bond donors (Lipinski definition) is 1. The highest BCUT2D eigenvalue weighted by molar-refractivity contribution is 6.34. The lowest BCUT2D eigenvalue weighted by Gasteiger charge is -2.25. The number of nitrogens with one attached hydrogen (secondary N) is 1. The Hall–Kier alpha value is -1.03. The summed E-state index contributed by atoms with van der Waals surface area (Å²) in [6.07, 6.45) is 3.60. The zero-order valence-corrected chi connectivity index (χ0v) is 12.0. The summed E-state index contributed by atoms with van der Waals surface area (Å²) in [5, 5.41) is 4.48. The van der Waals surface area contributed by atoms with Gasteiger partial charge in [-0.3, -0.25) is 0 Å². The number of nitrogens with zero attached hydrogens (tertiary/aromatic N) is 2. The highest BCUT2D eigenvalue weighted by Gasteiger charge is 2.22. The first-order valence-corrected chi connectivity index (χ1v) is 6.38. The van der Waals surface area contributed by atoms with Crippen molar-refractivity contribution < 1.29 is 0 Å².